The van der Waals surface area contributed by atoms with Gasteiger partial charge in [0.05, 0.1) is 45.5 Å². The van der Waals surface area contributed by atoms with Crippen molar-refractivity contribution in [2.45, 2.75) is 26.9 Å². The van der Waals surface area contributed by atoms with E-state index in [4.69, 9.17) is 14.2 Å². The van der Waals surface area contributed by atoms with Crippen molar-refractivity contribution < 1.29 is 14.2 Å². The monoisotopic (exact) mass is 510 g/mol. The number of ether oxygens (including phenoxy) is 3. The van der Waals surface area contributed by atoms with E-state index < -0.39 is 0 Å². The molecule has 0 radical (unpaired) electrons. The molecule has 0 bridgehead atoms. The third-order valence-corrected chi connectivity index (χ3v) is 7.03. The lowest BCUT2D eigenvalue weighted by molar-refractivity contribution is 0.414. The third-order valence-electron chi connectivity index (χ3n) is 7.03. The second kappa shape index (κ2) is 10.1. The Morgan fingerprint density at radius 1 is 0.579 bits per heavy atom. The zero-order valence-corrected chi connectivity index (χ0v) is 22.2. The minimum absolute atomic E-state index is 0.139. The molecule has 5 rings (SSSR count). The lowest BCUT2D eigenvalue weighted by atomic mass is 10.0. The first-order valence-corrected chi connectivity index (χ1v) is 12.4. The second-order valence-electron chi connectivity index (χ2n) is 9.40. The summed E-state index contributed by atoms with van der Waals surface area (Å²) in [6.45, 7) is 4.54. The van der Waals surface area contributed by atoms with Gasteiger partial charge in [-0.1, -0.05) is 24.3 Å². The Morgan fingerprint density at radius 2 is 0.974 bits per heavy atom. The first-order valence-electron chi connectivity index (χ1n) is 12.4. The summed E-state index contributed by atoms with van der Waals surface area (Å²) in [6, 6.07) is 20.6. The maximum Gasteiger partial charge on any atom is 0.251 e. The van der Waals surface area contributed by atoms with Gasteiger partial charge in [-0.15, -0.1) is 0 Å². The van der Waals surface area contributed by atoms with Crippen molar-refractivity contribution in [2.24, 2.45) is 0 Å². The van der Waals surface area contributed by atoms with Crippen LogP contribution in [0, 0.1) is 13.8 Å². The molecule has 0 saturated carbocycles. The van der Waals surface area contributed by atoms with Gasteiger partial charge in [0.2, 0.25) is 0 Å². The number of pyridine rings is 2. The van der Waals surface area contributed by atoms with E-state index in [1.54, 1.807) is 42.6 Å². The Morgan fingerprint density at radius 3 is 1.32 bits per heavy atom. The molecule has 0 fully saturated rings. The SMILES string of the molecule is COc1ccc(Cn2c(=O)cc(C)c3cc4c(C)cc(=O)n(Cc5ccc(OC)cc5)c4c(OC)c32)cc1. The number of hydrogen-bond donors (Lipinski definition) is 0. The second-order valence-corrected chi connectivity index (χ2v) is 9.40. The van der Waals surface area contributed by atoms with E-state index in [0.29, 0.717) is 29.9 Å². The van der Waals surface area contributed by atoms with Crippen LogP contribution in [0.2, 0.25) is 0 Å². The van der Waals surface area contributed by atoms with Crippen LogP contribution in [0.5, 0.6) is 17.2 Å². The van der Waals surface area contributed by atoms with Gasteiger partial charge in [-0.25, -0.2) is 0 Å². The summed E-state index contributed by atoms with van der Waals surface area (Å²) in [5.74, 6) is 1.99. The number of rotatable bonds is 7. The van der Waals surface area contributed by atoms with Gasteiger partial charge >= 0.3 is 0 Å². The van der Waals surface area contributed by atoms with Gasteiger partial charge in [0.25, 0.3) is 11.1 Å². The van der Waals surface area contributed by atoms with E-state index in [9.17, 15) is 9.59 Å². The van der Waals surface area contributed by atoms with Crippen molar-refractivity contribution in [3.8, 4) is 17.2 Å². The smallest absolute Gasteiger partial charge is 0.251 e. The maximum atomic E-state index is 13.4. The van der Waals surface area contributed by atoms with Crippen LogP contribution in [0.4, 0.5) is 0 Å². The van der Waals surface area contributed by atoms with Crippen LogP contribution in [0.1, 0.15) is 22.3 Å². The van der Waals surface area contributed by atoms with E-state index in [2.05, 4.69) is 6.07 Å². The molecule has 7 heteroatoms. The molecule has 0 N–H and O–H groups in total. The average Bonchev–Trinajstić information content (AvgIpc) is 2.93. The molecule has 0 atom stereocenters. The van der Waals surface area contributed by atoms with Crippen LogP contribution in [-0.4, -0.2) is 30.5 Å². The molecular weight excluding hydrogens is 480 g/mol. The van der Waals surface area contributed by atoms with Crippen LogP contribution in [0.25, 0.3) is 21.8 Å². The summed E-state index contributed by atoms with van der Waals surface area (Å²) >= 11 is 0. The molecule has 0 aliphatic rings. The zero-order valence-electron chi connectivity index (χ0n) is 22.2. The van der Waals surface area contributed by atoms with Gasteiger partial charge in [0.1, 0.15) is 11.5 Å². The molecule has 38 heavy (non-hydrogen) atoms. The van der Waals surface area contributed by atoms with Crippen LogP contribution in [0.15, 0.2) is 76.3 Å². The summed E-state index contributed by atoms with van der Waals surface area (Å²) in [5.41, 5.74) is 4.64. The van der Waals surface area contributed by atoms with E-state index >= 15 is 0 Å². The Kier molecular flexibility index (Phi) is 6.68. The average molecular weight is 511 g/mol. The minimum Gasteiger partial charge on any atom is -0.497 e. The van der Waals surface area contributed by atoms with Crippen LogP contribution in [0.3, 0.4) is 0 Å². The number of fused-ring (bicyclic) bond motifs is 2. The van der Waals surface area contributed by atoms with Gasteiger partial charge in [-0.05, 0) is 66.4 Å². The molecule has 0 amide bonds. The normalized spacial score (nSPS) is 11.2. The van der Waals surface area contributed by atoms with Gasteiger partial charge < -0.3 is 23.3 Å². The largest absolute Gasteiger partial charge is 0.497 e. The Balaban J connectivity index is 1.80. The van der Waals surface area contributed by atoms with E-state index in [0.717, 1.165) is 44.5 Å². The molecule has 7 nitrogen and oxygen atoms in total. The molecule has 0 aliphatic heterocycles. The van der Waals surface area contributed by atoms with E-state index in [-0.39, 0.29) is 11.1 Å². The number of aryl methyl sites for hydroxylation is 2. The van der Waals surface area contributed by atoms with Crippen molar-refractivity contribution in [3.63, 3.8) is 0 Å². The molecule has 2 heterocycles. The molecule has 0 aliphatic carbocycles. The maximum absolute atomic E-state index is 13.4. The first-order chi connectivity index (χ1) is 18.3. The molecule has 5 aromatic rings. The summed E-state index contributed by atoms with van der Waals surface area (Å²) in [5, 5.41) is 1.81. The fourth-order valence-electron chi connectivity index (χ4n) is 5.01. The molecule has 194 valence electrons. The van der Waals surface area contributed by atoms with Crippen LogP contribution >= 0.6 is 0 Å². The number of methoxy groups -OCH3 is 3. The van der Waals surface area contributed by atoms with Crippen molar-refractivity contribution in [3.05, 3.63) is 110 Å². The van der Waals surface area contributed by atoms with E-state index in [1.807, 2.05) is 62.4 Å². The predicted molar refractivity (Wildman–Crippen MR) is 150 cm³/mol. The Bertz CT molecular complexity index is 1640. The van der Waals surface area contributed by atoms with Crippen molar-refractivity contribution in [2.75, 3.05) is 21.3 Å². The van der Waals surface area contributed by atoms with Crippen molar-refractivity contribution >= 4 is 21.8 Å². The van der Waals surface area contributed by atoms with Gasteiger partial charge in [-0.2, -0.15) is 0 Å². The van der Waals surface area contributed by atoms with Crippen LogP contribution in [-0.2, 0) is 13.1 Å². The Hall–Kier alpha value is -4.52. The van der Waals surface area contributed by atoms with Gasteiger partial charge in [-0.3, -0.25) is 9.59 Å². The highest BCUT2D eigenvalue weighted by Crippen LogP contribution is 2.36. The molecule has 0 saturated heterocycles. The number of benzene rings is 3. The predicted octanol–water partition coefficient (Wildman–Crippen LogP) is 5.06. The molecule has 2 aromatic heterocycles. The molecule has 0 spiro atoms. The lowest BCUT2D eigenvalue weighted by Crippen LogP contribution is -2.24. The summed E-state index contributed by atoms with van der Waals surface area (Å²) in [7, 11) is 4.83. The third kappa shape index (κ3) is 4.41. The topological polar surface area (TPSA) is 71.7 Å². The summed E-state index contributed by atoms with van der Waals surface area (Å²) in [4.78, 5) is 26.7. The molecule has 3 aromatic carbocycles. The number of hydrogen-bond acceptors (Lipinski definition) is 5. The standard InChI is InChI=1S/C31H30N2O5/c1-19-14-27(34)32(17-21-6-10-23(36-3)11-7-21)29-25(19)16-26-20(2)15-28(35)33(30(26)31(29)38-5)18-22-8-12-24(37-4)13-9-22/h6-16H,17-18H2,1-5H3. The Labute approximate surface area is 220 Å². The molecular formula is C31H30N2O5. The fourth-order valence-corrected chi connectivity index (χ4v) is 5.01. The fraction of sp³-hybridized carbons (Fsp3) is 0.226. The highest BCUT2D eigenvalue weighted by Gasteiger charge is 2.20. The van der Waals surface area contributed by atoms with Crippen molar-refractivity contribution in [1.82, 2.24) is 9.13 Å². The van der Waals surface area contributed by atoms with Gasteiger partial charge in [0.15, 0.2) is 5.75 Å². The zero-order chi connectivity index (χ0) is 27.0. The molecule has 0 unspecified atom stereocenters. The lowest BCUT2D eigenvalue weighted by Gasteiger charge is -2.21. The summed E-state index contributed by atoms with van der Waals surface area (Å²) < 4.78 is 20.0. The highest BCUT2D eigenvalue weighted by molar-refractivity contribution is 6.04. The van der Waals surface area contributed by atoms with Crippen molar-refractivity contribution in [1.29, 1.82) is 0 Å². The van der Waals surface area contributed by atoms with Crippen LogP contribution < -0.4 is 25.3 Å². The summed E-state index contributed by atoms with van der Waals surface area (Å²) in [6.07, 6.45) is 0. The highest BCUT2D eigenvalue weighted by atomic mass is 16.5. The van der Waals surface area contributed by atoms with E-state index in [1.165, 1.54) is 0 Å². The first kappa shape index (κ1) is 25.1. The number of nitrogens with zero attached hydrogens (tertiary/aromatic N) is 2. The minimum atomic E-state index is -0.139. The quantitative estimate of drug-likeness (QED) is 0.287. The van der Waals surface area contributed by atoms with Gasteiger partial charge in [0, 0.05) is 22.9 Å². The number of aromatic nitrogens is 2.